The highest BCUT2D eigenvalue weighted by Crippen LogP contribution is 2.17. The molecule has 0 aliphatic heterocycles. The number of hydrogen-bond donors (Lipinski definition) is 3. The van der Waals surface area contributed by atoms with E-state index in [4.69, 9.17) is 26.1 Å². The van der Waals surface area contributed by atoms with E-state index in [1.54, 1.807) is 18.4 Å². The van der Waals surface area contributed by atoms with Crippen molar-refractivity contribution in [2.75, 3.05) is 24.9 Å². The fourth-order valence-corrected chi connectivity index (χ4v) is 3.21. The van der Waals surface area contributed by atoms with Gasteiger partial charge < -0.3 is 24.5 Å². The number of furan rings is 1. The lowest BCUT2D eigenvalue weighted by Gasteiger charge is -2.15. The van der Waals surface area contributed by atoms with Crippen LogP contribution in [0, 0.1) is 13.8 Å². The summed E-state index contributed by atoms with van der Waals surface area (Å²) in [6, 6.07) is 9.75. The second kappa shape index (κ2) is 11.7. The number of methoxy groups -OCH3 is 2. The van der Waals surface area contributed by atoms with Gasteiger partial charge in [-0.05, 0) is 62.5 Å². The predicted molar refractivity (Wildman–Crippen MR) is 133 cm³/mol. The summed E-state index contributed by atoms with van der Waals surface area (Å²) in [6.45, 7) is 3.93. The number of aryl methyl sites for hydroxylation is 2. The Bertz CT molecular complexity index is 1200. The number of anilines is 2. The molecule has 2 heterocycles. The number of aliphatic imine (C=N–C) groups is 1. The molecule has 11 nitrogen and oxygen atoms in total. The van der Waals surface area contributed by atoms with E-state index in [0.29, 0.717) is 17.4 Å². The van der Waals surface area contributed by atoms with Crippen LogP contribution in [0.4, 0.5) is 11.6 Å². The Morgan fingerprint density at radius 3 is 2.17 bits per heavy atom. The summed E-state index contributed by atoms with van der Waals surface area (Å²) in [5, 5.41) is 9.02. The largest absolute Gasteiger partial charge is 0.467 e. The van der Waals surface area contributed by atoms with Gasteiger partial charge in [0.25, 0.3) is 0 Å². The zero-order chi connectivity index (χ0) is 25.4. The van der Waals surface area contributed by atoms with Gasteiger partial charge in [-0.15, -0.1) is 0 Å². The van der Waals surface area contributed by atoms with E-state index >= 15 is 0 Å². The standard InChI is InChI=1S/C23H24N6O5S/c1-13-8-14(2)26-22(25-13)28-21(24-12-18-6-5-7-34-18)29-23(35)27-17-10-15(19(30)32-3)9-16(11-17)20(31)33-4/h5-11H,12H2,1-4H3,(H3,24,25,26,27,28,29,35). The van der Waals surface area contributed by atoms with Crippen molar-refractivity contribution >= 4 is 46.9 Å². The third kappa shape index (κ3) is 7.33. The van der Waals surface area contributed by atoms with Crippen LogP contribution < -0.4 is 16.0 Å². The third-order valence-electron chi connectivity index (χ3n) is 4.45. The van der Waals surface area contributed by atoms with Gasteiger partial charge in [-0.25, -0.2) is 24.5 Å². The Morgan fingerprint density at radius 2 is 1.63 bits per heavy atom. The molecule has 12 heteroatoms. The van der Waals surface area contributed by atoms with Gasteiger partial charge >= 0.3 is 11.9 Å². The predicted octanol–water partition coefficient (Wildman–Crippen LogP) is 3.21. The molecule has 0 unspecified atom stereocenters. The number of ether oxygens (including phenoxy) is 2. The summed E-state index contributed by atoms with van der Waals surface area (Å²) in [5.41, 5.74) is 2.21. The fourth-order valence-electron chi connectivity index (χ4n) is 3.00. The summed E-state index contributed by atoms with van der Waals surface area (Å²) < 4.78 is 14.9. The van der Waals surface area contributed by atoms with Gasteiger partial charge in [-0.1, -0.05) is 0 Å². The second-order valence-corrected chi connectivity index (χ2v) is 7.61. The quantitative estimate of drug-likeness (QED) is 0.200. The number of guanidine groups is 1. The molecule has 3 aromatic rings. The number of benzene rings is 1. The summed E-state index contributed by atoms with van der Waals surface area (Å²) in [5.74, 6) is -0.0169. The molecule has 0 atom stereocenters. The Labute approximate surface area is 207 Å². The number of rotatable bonds is 6. The van der Waals surface area contributed by atoms with Crippen molar-refractivity contribution < 1.29 is 23.5 Å². The van der Waals surface area contributed by atoms with Gasteiger partial charge in [0.1, 0.15) is 12.3 Å². The van der Waals surface area contributed by atoms with Crippen LogP contribution in [0.15, 0.2) is 52.1 Å². The maximum Gasteiger partial charge on any atom is 0.337 e. The molecule has 0 amide bonds. The van der Waals surface area contributed by atoms with E-state index in [1.807, 2.05) is 19.9 Å². The number of carbonyl (C=O) groups excluding carboxylic acids is 2. The highest BCUT2D eigenvalue weighted by molar-refractivity contribution is 7.80. The minimum atomic E-state index is -0.619. The molecule has 3 N–H and O–H groups in total. The van der Waals surface area contributed by atoms with Gasteiger partial charge in [-0.2, -0.15) is 0 Å². The number of aromatic nitrogens is 2. The number of hydrogen-bond acceptors (Lipinski definition) is 9. The fraction of sp³-hybridized carbons (Fsp3) is 0.217. The normalized spacial score (nSPS) is 10.9. The molecule has 0 bridgehead atoms. The van der Waals surface area contributed by atoms with E-state index < -0.39 is 11.9 Å². The Kier molecular flexibility index (Phi) is 8.46. The summed E-state index contributed by atoms with van der Waals surface area (Å²) >= 11 is 5.43. The molecule has 1 aromatic carbocycles. The molecule has 0 radical (unpaired) electrons. The zero-order valence-corrected chi connectivity index (χ0v) is 20.4. The SMILES string of the molecule is COC(=O)c1cc(NC(=S)NC(=NCc2ccco2)Nc2nc(C)cc(C)n2)cc(C(=O)OC)c1. The Hall–Kier alpha value is -4.32. The highest BCUT2D eigenvalue weighted by atomic mass is 32.1. The third-order valence-corrected chi connectivity index (χ3v) is 4.65. The molecule has 0 aliphatic carbocycles. The number of nitrogens with one attached hydrogen (secondary N) is 3. The van der Waals surface area contributed by atoms with Crippen LogP contribution in [-0.2, 0) is 16.0 Å². The summed E-state index contributed by atoms with van der Waals surface area (Å²) in [6.07, 6.45) is 1.55. The number of thiocarbonyl (C=S) groups is 1. The topological polar surface area (TPSA) is 140 Å². The van der Waals surface area contributed by atoms with Crippen molar-refractivity contribution in [3.05, 3.63) is 70.9 Å². The minimum absolute atomic E-state index is 0.123. The first kappa shape index (κ1) is 25.3. The van der Waals surface area contributed by atoms with Crippen molar-refractivity contribution in [3.63, 3.8) is 0 Å². The highest BCUT2D eigenvalue weighted by Gasteiger charge is 2.15. The molecule has 35 heavy (non-hydrogen) atoms. The molecule has 0 fully saturated rings. The molecule has 2 aromatic heterocycles. The monoisotopic (exact) mass is 496 g/mol. The lowest BCUT2D eigenvalue weighted by atomic mass is 10.1. The van der Waals surface area contributed by atoms with Crippen molar-refractivity contribution in [2.45, 2.75) is 20.4 Å². The maximum atomic E-state index is 12.0. The molecule has 0 saturated heterocycles. The van der Waals surface area contributed by atoms with E-state index in [9.17, 15) is 9.59 Å². The van der Waals surface area contributed by atoms with E-state index in [-0.39, 0.29) is 28.7 Å². The molecule has 0 spiro atoms. The van der Waals surface area contributed by atoms with Crippen LogP contribution in [0.2, 0.25) is 0 Å². The van der Waals surface area contributed by atoms with E-state index in [1.165, 1.54) is 32.4 Å². The number of esters is 2. The van der Waals surface area contributed by atoms with Crippen molar-refractivity contribution in [1.82, 2.24) is 15.3 Å². The van der Waals surface area contributed by atoms with Crippen molar-refractivity contribution in [1.29, 1.82) is 0 Å². The Balaban J connectivity index is 1.83. The van der Waals surface area contributed by atoms with Gasteiger partial charge in [0.05, 0.1) is 31.6 Å². The molecule has 3 rings (SSSR count). The molecule has 182 valence electrons. The van der Waals surface area contributed by atoms with E-state index in [2.05, 4.69) is 30.9 Å². The number of nitrogens with zero attached hydrogens (tertiary/aromatic N) is 3. The summed E-state index contributed by atoms with van der Waals surface area (Å²) in [7, 11) is 2.49. The summed E-state index contributed by atoms with van der Waals surface area (Å²) in [4.78, 5) is 37.3. The van der Waals surface area contributed by atoms with Crippen LogP contribution in [0.5, 0.6) is 0 Å². The van der Waals surface area contributed by atoms with Crippen LogP contribution in [0.1, 0.15) is 37.9 Å². The Morgan fingerprint density at radius 1 is 1.00 bits per heavy atom. The van der Waals surface area contributed by atoms with Gasteiger partial charge in [0, 0.05) is 17.1 Å². The first-order chi connectivity index (χ1) is 16.8. The lowest BCUT2D eigenvalue weighted by molar-refractivity contribution is 0.0599. The van der Waals surface area contributed by atoms with Gasteiger partial charge in [-0.3, -0.25) is 5.32 Å². The molecular weight excluding hydrogens is 472 g/mol. The van der Waals surface area contributed by atoms with Crippen LogP contribution in [-0.4, -0.2) is 47.2 Å². The first-order valence-corrected chi connectivity index (χ1v) is 10.7. The van der Waals surface area contributed by atoms with Crippen molar-refractivity contribution in [3.8, 4) is 0 Å². The van der Waals surface area contributed by atoms with E-state index in [0.717, 1.165) is 11.4 Å². The van der Waals surface area contributed by atoms with Gasteiger partial charge in [0.15, 0.2) is 5.11 Å². The van der Waals surface area contributed by atoms with Crippen LogP contribution in [0.3, 0.4) is 0 Å². The first-order valence-electron chi connectivity index (χ1n) is 10.3. The average Bonchev–Trinajstić information content (AvgIpc) is 3.34. The minimum Gasteiger partial charge on any atom is -0.467 e. The molecule has 0 aliphatic rings. The second-order valence-electron chi connectivity index (χ2n) is 7.20. The van der Waals surface area contributed by atoms with Crippen LogP contribution in [0.25, 0.3) is 0 Å². The average molecular weight is 497 g/mol. The molecule has 0 saturated carbocycles. The maximum absolute atomic E-state index is 12.0. The smallest absolute Gasteiger partial charge is 0.337 e. The van der Waals surface area contributed by atoms with Crippen molar-refractivity contribution in [2.24, 2.45) is 4.99 Å². The molecular formula is C23H24N6O5S. The van der Waals surface area contributed by atoms with Gasteiger partial charge in [0.2, 0.25) is 11.9 Å². The van der Waals surface area contributed by atoms with Crippen LogP contribution >= 0.6 is 12.2 Å². The number of carbonyl (C=O) groups is 2. The lowest BCUT2D eigenvalue weighted by Crippen LogP contribution is -2.39. The zero-order valence-electron chi connectivity index (χ0n) is 19.5.